The third kappa shape index (κ3) is 5.61. The van der Waals surface area contributed by atoms with Crippen LogP contribution in [0, 0.1) is 0 Å². The Bertz CT molecular complexity index is 1120. The molecule has 160 valence electrons. The zero-order valence-electron chi connectivity index (χ0n) is 17.3. The molecule has 0 aliphatic carbocycles. The molecule has 0 saturated carbocycles. The van der Waals surface area contributed by atoms with Gasteiger partial charge in [0.25, 0.3) is 0 Å². The molecule has 0 fully saturated rings. The molecule has 3 aromatic heterocycles. The highest BCUT2D eigenvalue weighted by molar-refractivity contribution is 8.00. The Morgan fingerprint density at radius 1 is 1.23 bits per heavy atom. The molecule has 4 rings (SSSR count). The quantitative estimate of drug-likeness (QED) is 0.333. The maximum atomic E-state index is 12.7. The minimum atomic E-state index is -0.319. The Balaban J connectivity index is 1.34. The number of carbonyl (C=O) groups is 1. The van der Waals surface area contributed by atoms with E-state index in [2.05, 4.69) is 69.2 Å². The van der Waals surface area contributed by atoms with Gasteiger partial charge in [-0.1, -0.05) is 49.0 Å². The summed E-state index contributed by atoms with van der Waals surface area (Å²) in [6.07, 6.45) is 3.65. The maximum absolute atomic E-state index is 12.7. The molecule has 0 saturated heterocycles. The van der Waals surface area contributed by atoms with E-state index >= 15 is 0 Å². The summed E-state index contributed by atoms with van der Waals surface area (Å²) in [7, 11) is 0. The van der Waals surface area contributed by atoms with Gasteiger partial charge in [0, 0.05) is 22.4 Å². The monoisotopic (exact) mass is 469 g/mol. The molecule has 1 unspecified atom stereocenters. The molecule has 1 atom stereocenters. The number of benzene rings is 1. The zero-order chi connectivity index (χ0) is 21.6. The van der Waals surface area contributed by atoms with E-state index < -0.39 is 0 Å². The number of nitrogens with one attached hydrogen (secondary N) is 1. The Morgan fingerprint density at radius 2 is 2.06 bits per heavy atom. The van der Waals surface area contributed by atoms with Crippen molar-refractivity contribution in [1.29, 1.82) is 0 Å². The van der Waals surface area contributed by atoms with Crippen LogP contribution in [0.2, 0.25) is 0 Å². The van der Waals surface area contributed by atoms with Crippen molar-refractivity contribution in [3.8, 4) is 11.3 Å². The maximum Gasteiger partial charge on any atom is 0.239 e. The largest absolute Gasteiger partial charge is 0.308 e. The van der Waals surface area contributed by atoms with Gasteiger partial charge in [-0.2, -0.15) is 0 Å². The summed E-state index contributed by atoms with van der Waals surface area (Å²) >= 11 is 4.58. The predicted octanol–water partition coefficient (Wildman–Crippen LogP) is 5.39. The van der Waals surface area contributed by atoms with Crippen molar-refractivity contribution in [2.75, 3.05) is 5.32 Å². The molecule has 4 aromatic rings. The van der Waals surface area contributed by atoms with Gasteiger partial charge >= 0.3 is 0 Å². The van der Waals surface area contributed by atoms with E-state index in [0.29, 0.717) is 5.13 Å². The number of aryl methyl sites for hydroxylation is 3. The van der Waals surface area contributed by atoms with Crippen LogP contribution in [0.1, 0.15) is 24.3 Å². The fourth-order valence-corrected chi connectivity index (χ4v) is 5.24. The number of hydrogen-bond donors (Lipinski definition) is 1. The molecule has 9 heteroatoms. The van der Waals surface area contributed by atoms with Gasteiger partial charge in [0.05, 0.1) is 10.9 Å². The number of carbonyl (C=O) groups excluding carboxylic acids is 1. The summed E-state index contributed by atoms with van der Waals surface area (Å²) in [5.41, 5.74) is 3.22. The third-order valence-electron chi connectivity index (χ3n) is 4.80. The second-order valence-corrected chi connectivity index (χ2v) is 10.2. The highest BCUT2D eigenvalue weighted by Gasteiger charge is 2.19. The van der Waals surface area contributed by atoms with Crippen molar-refractivity contribution in [2.24, 2.45) is 0 Å². The van der Waals surface area contributed by atoms with E-state index in [1.54, 1.807) is 17.7 Å². The summed E-state index contributed by atoms with van der Waals surface area (Å²) in [5, 5.41) is 16.2. The van der Waals surface area contributed by atoms with Crippen molar-refractivity contribution in [1.82, 2.24) is 19.7 Å². The number of rotatable bonds is 9. The Hall–Kier alpha value is -2.49. The normalized spacial score (nSPS) is 12.1. The summed E-state index contributed by atoms with van der Waals surface area (Å²) in [6, 6.07) is 12.5. The van der Waals surface area contributed by atoms with Crippen molar-refractivity contribution in [2.45, 2.75) is 43.6 Å². The number of nitrogens with zero attached hydrogens (tertiary/aromatic N) is 4. The number of thiazole rings is 1. The number of thioether (sulfide) groups is 1. The Kier molecular flexibility index (Phi) is 7.16. The van der Waals surface area contributed by atoms with E-state index in [1.165, 1.54) is 33.5 Å². The number of anilines is 1. The first-order chi connectivity index (χ1) is 15.1. The van der Waals surface area contributed by atoms with Crippen LogP contribution in [0.5, 0.6) is 0 Å². The summed E-state index contributed by atoms with van der Waals surface area (Å²) < 4.78 is 2.00. The van der Waals surface area contributed by atoms with E-state index in [4.69, 9.17) is 0 Å². The van der Waals surface area contributed by atoms with Crippen molar-refractivity contribution in [3.05, 3.63) is 63.9 Å². The predicted molar refractivity (Wildman–Crippen MR) is 129 cm³/mol. The first-order valence-corrected chi connectivity index (χ1v) is 12.7. The number of aromatic nitrogens is 4. The van der Waals surface area contributed by atoms with Crippen LogP contribution >= 0.6 is 34.4 Å². The zero-order valence-corrected chi connectivity index (χ0v) is 19.8. The van der Waals surface area contributed by atoms with Crippen LogP contribution < -0.4 is 5.32 Å². The lowest BCUT2D eigenvalue weighted by Crippen LogP contribution is -2.22. The average Bonchev–Trinajstić information content (AvgIpc) is 3.55. The molecule has 0 aliphatic heterocycles. The minimum absolute atomic E-state index is 0.0972. The van der Waals surface area contributed by atoms with Crippen molar-refractivity contribution in [3.63, 3.8) is 0 Å². The van der Waals surface area contributed by atoms with Gasteiger partial charge in [0.15, 0.2) is 10.3 Å². The molecule has 31 heavy (non-hydrogen) atoms. The summed E-state index contributed by atoms with van der Waals surface area (Å²) in [6.45, 7) is 4.80. The minimum Gasteiger partial charge on any atom is -0.308 e. The smallest absolute Gasteiger partial charge is 0.239 e. The highest BCUT2D eigenvalue weighted by Crippen LogP contribution is 2.27. The number of hydrogen-bond acceptors (Lipinski definition) is 7. The topological polar surface area (TPSA) is 72.7 Å². The van der Waals surface area contributed by atoms with Gasteiger partial charge in [-0.15, -0.1) is 32.9 Å². The van der Waals surface area contributed by atoms with Gasteiger partial charge in [0.2, 0.25) is 5.91 Å². The average molecular weight is 470 g/mol. The summed E-state index contributed by atoms with van der Waals surface area (Å²) in [5.74, 6) is -0.0972. The van der Waals surface area contributed by atoms with Crippen LogP contribution in [-0.4, -0.2) is 30.9 Å². The van der Waals surface area contributed by atoms with Crippen LogP contribution in [0.15, 0.2) is 58.6 Å². The van der Waals surface area contributed by atoms with Gasteiger partial charge in [-0.3, -0.25) is 4.79 Å². The van der Waals surface area contributed by atoms with Crippen LogP contribution in [-0.2, 0) is 24.2 Å². The molecule has 3 heterocycles. The van der Waals surface area contributed by atoms with E-state index in [1.807, 2.05) is 16.9 Å². The molecule has 0 radical (unpaired) electrons. The molecular weight excluding hydrogens is 446 g/mol. The molecule has 0 aliphatic rings. The second-order valence-electron chi connectivity index (χ2n) is 6.97. The fraction of sp³-hybridized carbons (Fsp3) is 0.273. The van der Waals surface area contributed by atoms with Gasteiger partial charge < -0.3 is 9.88 Å². The molecule has 1 amide bonds. The standard InChI is InChI=1S/C22H23N5OS3/c1-3-16-6-8-17(9-7-16)19-13-30-21(24-19)25-20(28)15(2)31-22-26-23-14-27(22)11-10-18-5-4-12-29-18/h4-9,12-15H,3,10-11H2,1-2H3,(H,24,25,28). The van der Waals surface area contributed by atoms with Gasteiger partial charge in [-0.25, -0.2) is 4.98 Å². The first-order valence-electron chi connectivity index (χ1n) is 10.0. The molecule has 6 nitrogen and oxygen atoms in total. The number of thiophene rings is 1. The highest BCUT2D eigenvalue weighted by atomic mass is 32.2. The lowest BCUT2D eigenvalue weighted by molar-refractivity contribution is -0.115. The molecule has 0 bridgehead atoms. The second kappa shape index (κ2) is 10.2. The Morgan fingerprint density at radius 3 is 2.81 bits per heavy atom. The van der Waals surface area contributed by atoms with Gasteiger partial charge in [0.1, 0.15) is 6.33 Å². The fourth-order valence-electron chi connectivity index (χ4n) is 2.97. The van der Waals surface area contributed by atoms with Crippen LogP contribution in [0.25, 0.3) is 11.3 Å². The Labute approximate surface area is 193 Å². The van der Waals surface area contributed by atoms with E-state index in [0.717, 1.165) is 35.8 Å². The molecule has 1 aromatic carbocycles. The van der Waals surface area contributed by atoms with Gasteiger partial charge in [-0.05, 0) is 36.8 Å². The van der Waals surface area contributed by atoms with E-state index in [-0.39, 0.29) is 11.2 Å². The lowest BCUT2D eigenvalue weighted by Gasteiger charge is -2.11. The molecular formula is C22H23N5OS3. The van der Waals surface area contributed by atoms with Crippen LogP contribution in [0.4, 0.5) is 5.13 Å². The summed E-state index contributed by atoms with van der Waals surface area (Å²) in [4.78, 5) is 18.6. The lowest BCUT2D eigenvalue weighted by atomic mass is 10.1. The first kappa shape index (κ1) is 21.7. The molecule has 0 spiro atoms. The van der Waals surface area contributed by atoms with Crippen LogP contribution in [0.3, 0.4) is 0 Å². The molecule has 1 N–H and O–H groups in total. The SMILES string of the molecule is CCc1ccc(-c2csc(NC(=O)C(C)Sc3nncn3CCc3cccs3)n2)cc1. The van der Waals surface area contributed by atoms with Crippen molar-refractivity contribution < 1.29 is 4.79 Å². The van der Waals surface area contributed by atoms with Crippen molar-refractivity contribution >= 4 is 45.5 Å². The third-order valence-corrected chi connectivity index (χ3v) is 7.59. The van der Waals surface area contributed by atoms with E-state index in [9.17, 15) is 4.79 Å². The number of amides is 1.